The van der Waals surface area contributed by atoms with Crippen molar-refractivity contribution in [3.05, 3.63) is 35.7 Å². The summed E-state index contributed by atoms with van der Waals surface area (Å²) in [5.74, 6) is 0.00972. The van der Waals surface area contributed by atoms with E-state index in [4.69, 9.17) is 9.15 Å². The molecule has 0 unspecified atom stereocenters. The van der Waals surface area contributed by atoms with E-state index in [1.54, 1.807) is 0 Å². The molecule has 152 valence electrons. The summed E-state index contributed by atoms with van der Waals surface area (Å²) >= 11 is 0. The molecule has 1 aliphatic rings. The molecule has 2 atom stereocenters. The van der Waals surface area contributed by atoms with E-state index in [1.165, 1.54) is 28.6 Å². The molecule has 2 heterocycles. The van der Waals surface area contributed by atoms with Crippen molar-refractivity contribution in [3.8, 4) is 0 Å². The second-order valence-electron chi connectivity index (χ2n) is 7.16. The lowest BCUT2D eigenvalue weighted by Gasteiger charge is -2.34. The van der Waals surface area contributed by atoms with Gasteiger partial charge < -0.3 is 9.15 Å². The number of hydrogen-bond donors (Lipinski definition) is 1. The van der Waals surface area contributed by atoms with Crippen LogP contribution in [-0.4, -0.2) is 54.1 Å². The summed E-state index contributed by atoms with van der Waals surface area (Å²) in [7, 11) is -3.65. The molecule has 1 saturated heterocycles. The number of ether oxygens (including phenoxy) is 1. The van der Waals surface area contributed by atoms with E-state index >= 15 is 0 Å². The number of hydrogen-bond acceptors (Lipinski definition) is 7. The molecule has 3 rings (SSSR count). The van der Waals surface area contributed by atoms with Crippen molar-refractivity contribution in [3.63, 3.8) is 0 Å². The maximum absolute atomic E-state index is 12.9. The monoisotopic (exact) mass is 408 g/mol. The largest absolute Gasteiger partial charge is 0.408 e. The Hall–Kier alpha value is -2.30. The summed E-state index contributed by atoms with van der Waals surface area (Å²) in [4.78, 5) is 12.5. The normalized spacial score (nSPS) is 21.0. The number of rotatable bonds is 5. The highest BCUT2D eigenvalue weighted by atomic mass is 32.2. The Morgan fingerprint density at radius 2 is 1.75 bits per heavy atom. The van der Waals surface area contributed by atoms with E-state index in [-0.39, 0.29) is 34.6 Å². The molecule has 0 spiro atoms. The van der Waals surface area contributed by atoms with Gasteiger partial charge >= 0.3 is 6.01 Å². The van der Waals surface area contributed by atoms with Crippen molar-refractivity contribution in [2.24, 2.45) is 0 Å². The summed E-state index contributed by atoms with van der Waals surface area (Å²) in [6.07, 6.45) is -0.345. The quantitative estimate of drug-likeness (QED) is 0.807. The van der Waals surface area contributed by atoms with E-state index in [0.29, 0.717) is 19.0 Å². The van der Waals surface area contributed by atoms with Gasteiger partial charge in [-0.1, -0.05) is 18.9 Å². The fraction of sp³-hybridized carbons (Fsp3) is 0.500. The number of amides is 1. The first kappa shape index (κ1) is 20.4. The number of morpholine rings is 1. The first-order valence-electron chi connectivity index (χ1n) is 9.07. The predicted octanol–water partition coefficient (Wildman–Crippen LogP) is 2.24. The van der Waals surface area contributed by atoms with Crippen LogP contribution < -0.4 is 5.32 Å². The van der Waals surface area contributed by atoms with E-state index in [9.17, 15) is 13.2 Å². The highest BCUT2D eigenvalue weighted by Crippen LogP contribution is 2.22. The average Bonchev–Trinajstić information content (AvgIpc) is 3.10. The van der Waals surface area contributed by atoms with Crippen molar-refractivity contribution < 1.29 is 22.4 Å². The minimum atomic E-state index is -3.65. The third-order valence-corrected chi connectivity index (χ3v) is 6.14. The number of benzene rings is 1. The third-order valence-electron chi connectivity index (χ3n) is 4.30. The highest BCUT2D eigenvalue weighted by Gasteiger charge is 2.32. The van der Waals surface area contributed by atoms with Crippen LogP contribution in [0.4, 0.5) is 6.01 Å². The number of anilines is 1. The zero-order valence-electron chi connectivity index (χ0n) is 16.2. The fourth-order valence-electron chi connectivity index (χ4n) is 2.94. The summed E-state index contributed by atoms with van der Waals surface area (Å²) in [6.45, 7) is 8.07. The molecule has 10 heteroatoms. The molecule has 1 aliphatic heterocycles. The van der Waals surface area contributed by atoms with Gasteiger partial charge in [-0.25, -0.2) is 8.42 Å². The smallest absolute Gasteiger partial charge is 0.322 e. The number of nitrogens with zero attached hydrogens (tertiary/aromatic N) is 3. The molecular weight excluding hydrogens is 384 g/mol. The Morgan fingerprint density at radius 3 is 2.29 bits per heavy atom. The van der Waals surface area contributed by atoms with E-state index in [2.05, 4.69) is 15.5 Å². The molecule has 1 N–H and O–H groups in total. The van der Waals surface area contributed by atoms with Gasteiger partial charge in [0, 0.05) is 24.6 Å². The molecule has 1 amide bonds. The van der Waals surface area contributed by atoms with Crippen molar-refractivity contribution in [1.29, 1.82) is 0 Å². The molecule has 2 aromatic rings. The molecule has 0 aliphatic carbocycles. The number of carbonyl (C=O) groups is 1. The van der Waals surface area contributed by atoms with Crippen LogP contribution in [0.1, 0.15) is 49.9 Å². The van der Waals surface area contributed by atoms with Crippen molar-refractivity contribution in [1.82, 2.24) is 14.5 Å². The van der Waals surface area contributed by atoms with Gasteiger partial charge in [0.15, 0.2) is 0 Å². The molecule has 0 radical (unpaired) electrons. The van der Waals surface area contributed by atoms with Crippen LogP contribution in [0.25, 0.3) is 0 Å². The lowest BCUT2D eigenvalue weighted by Crippen LogP contribution is -2.48. The molecule has 0 bridgehead atoms. The second kappa shape index (κ2) is 7.98. The van der Waals surface area contributed by atoms with Gasteiger partial charge in [-0.2, -0.15) is 4.31 Å². The van der Waals surface area contributed by atoms with Crippen LogP contribution >= 0.6 is 0 Å². The van der Waals surface area contributed by atoms with Gasteiger partial charge in [0.05, 0.1) is 17.1 Å². The third kappa shape index (κ3) is 4.40. The van der Waals surface area contributed by atoms with Gasteiger partial charge in [0.2, 0.25) is 15.9 Å². The minimum Gasteiger partial charge on any atom is -0.408 e. The Balaban J connectivity index is 1.72. The lowest BCUT2D eigenvalue weighted by atomic mass is 10.2. The van der Waals surface area contributed by atoms with Gasteiger partial charge in [-0.3, -0.25) is 10.1 Å². The molecule has 1 aromatic carbocycles. The Kier molecular flexibility index (Phi) is 5.82. The van der Waals surface area contributed by atoms with E-state index < -0.39 is 15.9 Å². The SMILES string of the molecule is CC(C)c1nnc(NC(=O)c2ccc(S(=O)(=O)N3C[C@H](C)O[C@@H](C)C3)cc2)o1. The summed E-state index contributed by atoms with van der Waals surface area (Å²) in [6, 6.07) is 5.75. The van der Waals surface area contributed by atoms with Gasteiger partial charge in [-0.05, 0) is 38.1 Å². The number of carbonyl (C=O) groups excluding carboxylic acids is 1. The summed E-state index contributed by atoms with van der Waals surface area (Å²) in [5.41, 5.74) is 0.284. The van der Waals surface area contributed by atoms with Crippen LogP contribution in [0, 0.1) is 0 Å². The fourth-order valence-corrected chi connectivity index (χ4v) is 4.53. The van der Waals surface area contributed by atoms with Crippen LogP contribution in [-0.2, 0) is 14.8 Å². The maximum atomic E-state index is 12.9. The molecular formula is C18H24N4O5S. The van der Waals surface area contributed by atoms with Crippen LogP contribution in [0.2, 0.25) is 0 Å². The van der Waals surface area contributed by atoms with Crippen LogP contribution in [0.15, 0.2) is 33.6 Å². The van der Waals surface area contributed by atoms with Gasteiger partial charge in [-0.15, -0.1) is 5.10 Å². The molecule has 28 heavy (non-hydrogen) atoms. The first-order valence-corrected chi connectivity index (χ1v) is 10.5. The lowest BCUT2D eigenvalue weighted by molar-refractivity contribution is -0.0440. The molecule has 1 aromatic heterocycles. The van der Waals surface area contributed by atoms with E-state index in [1.807, 2.05) is 27.7 Å². The Labute approximate surface area is 164 Å². The van der Waals surface area contributed by atoms with Crippen molar-refractivity contribution in [2.75, 3.05) is 18.4 Å². The van der Waals surface area contributed by atoms with Crippen LogP contribution in [0.5, 0.6) is 0 Å². The molecule has 1 fully saturated rings. The molecule has 9 nitrogen and oxygen atoms in total. The maximum Gasteiger partial charge on any atom is 0.322 e. The predicted molar refractivity (Wildman–Crippen MR) is 102 cm³/mol. The Morgan fingerprint density at radius 1 is 1.14 bits per heavy atom. The summed E-state index contributed by atoms with van der Waals surface area (Å²) < 4.78 is 38.1. The topological polar surface area (TPSA) is 115 Å². The second-order valence-corrected chi connectivity index (χ2v) is 9.10. The summed E-state index contributed by atoms with van der Waals surface area (Å²) in [5, 5.41) is 10.1. The zero-order valence-corrected chi connectivity index (χ0v) is 17.1. The highest BCUT2D eigenvalue weighted by molar-refractivity contribution is 7.89. The van der Waals surface area contributed by atoms with Crippen LogP contribution in [0.3, 0.4) is 0 Å². The average molecular weight is 408 g/mol. The number of aromatic nitrogens is 2. The first-order chi connectivity index (χ1) is 13.2. The molecule has 0 saturated carbocycles. The number of nitrogens with one attached hydrogen (secondary N) is 1. The minimum absolute atomic E-state index is 0.00156. The number of sulfonamides is 1. The van der Waals surface area contributed by atoms with E-state index in [0.717, 1.165) is 0 Å². The Bertz CT molecular complexity index is 929. The standard InChI is InChI=1S/C18H24N4O5S/c1-11(2)17-20-21-18(27-17)19-16(23)14-5-7-15(8-6-14)28(24,25)22-9-12(3)26-13(4)10-22/h5-8,11-13H,9-10H2,1-4H3,(H,19,21,23)/t12-,13-/m0/s1. The van der Waals surface area contributed by atoms with Crippen molar-refractivity contribution >= 4 is 21.9 Å². The zero-order chi connectivity index (χ0) is 20.5. The van der Waals surface area contributed by atoms with Gasteiger partial charge in [0.1, 0.15) is 0 Å². The van der Waals surface area contributed by atoms with Gasteiger partial charge in [0.25, 0.3) is 5.91 Å². The van der Waals surface area contributed by atoms with Crippen molar-refractivity contribution in [2.45, 2.75) is 50.7 Å².